The van der Waals surface area contributed by atoms with Gasteiger partial charge in [-0.15, -0.1) is 22.7 Å². The summed E-state index contributed by atoms with van der Waals surface area (Å²) in [7, 11) is 0. The Balaban J connectivity index is 1.97. The maximum Gasteiger partial charge on any atom is 0.260 e. The first-order chi connectivity index (χ1) is 9.63. The van der Waals surface area contributed by atoms with Gasteiger partial charge in [0.1, 0.15) is 4.83 Å². The van der Waals surface area contributed by atoms with E-state index in [0.29, 0.717) is 10.2 Å². The molecule has 0 fully saturated rings. The highest BCUT2D eigenvalue weighted by Crippen LogP contribution is 2.20. The highest BCUT2D eigenvalue weighted by atomic mass is 32.1. The summed E-state index contributed by atoms with van der Waals surface area (Å²) in [6, 6.07) is 5.60. The van der Waals surface area contributed by atoms with Gasteiger partial charge in [0.15, 0.2) is 5.82 Å². The molecule has 0 bridgehead atoms. The lowest BCUT2D eigenvalue weighted by Gasteiger charge is -1.95. The summed E-state index contributed by atoms with van der Waals surface area (Å²) in [5.74, 6) is -0.222. The van der Waals surface area contributed by atoms with Crippen molar-refractivity contribution in [3.05, 3.63) is 55.6 Å². The summed E-state index contributed by atoms with van der Waals surface area (Å²) in [6.45, 7) is 1.91. The second-order valence-electron chi connectivity index (χ2n) is 4.20. The number of fused-ring (bicyclic) bond motifs is 1. The molecule has 0 saturated carbocycles. The average molecular weight is 302 g/mol. The predicted octanol–water partition coefficient (Wildman–Crippen LogP) is 3.25. The molecule has 0 amide bonds. The van der Waals surface area contributed by atoms with Crippen LogP contribution >= 0.6 is 22.7 Å². The van der Waals surface area contributed by atoms with E-state index in [0.717, 1.165) is 9.75 Å². The molecule has 0 aliphatic rings. The van der Waals surface area contributed by atoms with E-state index in [2.05, 4.69) is 9.97 Å². The molecule has 0 saturated heterocycles. The third kappa shape index (κ3) is 2.48. The Morgan fingerprint density at radius 1 is 1.45 bits per heavy atom. The van der Waals surface area contributed by atoms with Crippen LogP contribution in [0, 0.1) is 6.92 Å². The number of carbonyl (C=O) groups is 1. The summed E-state index contributed by atoms with van der Waals surface area (Å²) < 4.78 is 0. The molecular formula is C14H10N2O2S2. The van der Waals surface area contributed by atoms with Gasteiger partial charge in [-0.1, -0.05) is 6.07 Å². The summed E-state index contributed by atoms with van der Waals surface area (Å²) >= 11 is 2.95. The molecule has 0 unspecified atom stereocenters. The largest absolute Gasteiger partial charge is 0.303 e. The van der Waals surface area contributed by atoms with Crippen molar-refractivity contribution in [3.63, 3.8) is 0 Å². The zero-order valence-electron chi connectivity index (χ0n) is 10.5. The zero-order chi connectivity index (χ0) is 14.1. The third-order valence-corrected chi connectivity index (χ3v) is 4.48. The number of carbonyl (C=O) groups excluding carboxylic acids is 1. The minimum atomic E-state index is -0.302. The minimum Gasteiger partial charge on any atom is -0.303 e. The molecule has 20 heavy (non-hydrogen) atoms. The molecule has 0 spiro atoms. The van der Waals surface area contributed by atoms with Gasteiger partial charge in [0.25, 0.3) is 5.56 Å². The molecule has 0 atom stereocenters. The van der Waals surface area contributed by atoms with E-state index in [1.54, 1.807) is 12.1 Å². The summed E-state index contributed by atoms with van der Waals surface area (Å²) in [5.41, 5.74) is -0.271. The lowest BCUT2D eigenvalue weighted by molar-refractivity contribution is 0.103. The van der Waals surface area contributed by atoms with Crippen LogP contribution in [0.5, 0.6) is 0 Å². The first-order valence-corrected chi connectivity index (χ1v) is 7.59. The lowest BCUT2D eigenvalue weighted by Crippen LogP contribution is -2.13. The molecule has 3 rings (SSSR count). The van der Waals surface area contributed by atoms with Gasteiger partial charge in [-0.05, 0) is 36.6 Å². The van der Waals surface area contributed by atoms with Gasteiger partial charge in [-0.2, -0.15) is 0 Å². The van der Waals surface area contributed by atoms with Crippen molar-refractivity contribution < 1.29 is 4.79 Å². The SMILES string of the molecule is Cc1cc2c(=O)[nH]c(C(=O)/C=C/c3cccs3)nc2s1. The number of nitrogens with zero attached hydrogens (tertiary/aromatic N) is 1. The van der Waals surface area contributed by atoms with Crippen molar-refractivity contribution >= 4 is 44.7 Å². The molecule has 0 radical (unpaired) electrons. The Labute approximate surface area is 122 Å². The van der Waals surface area contributed by atoms with Crippen LogP contribution in [-0.4, -0.2) is 15.8 Å². The number of aromatic amines is 1. The number of H-pyrrole nitrogens is 1. The fraction of sp³-hybridized carbons (Fsp3) is 0.0714. The van der Waals surface area contributed by atoms with Gasteiger partial charge in [0, 0.05) is 9.75 Å². The number of allylic oxidation sites excluding steroid dienone is 1. The van der Waals surface area contributed by atoms with Crippen molar-refractivity contribution in [2.24, 2.45) is 0 Å². The number of hydrogen-bond acceptors (Lipinski definition) is 5. The number of ketones is 1. The van der Waals surface area contributed by atoms with E-state index in [1.165, 1.54) is 28.7 Å². The lowest BCUT2D eigenvalue weighted by atomic mass is 10.3. The van der Waals surface area contributed by atoms with Crippen LogP contribution < -0.4 is 5.56 Å². The van der Waals surface area contributed by atoms with Gasteiger partial charge in [-0.25, -0.2) is 4.98 Å². The number of aryl methyl sites for hydroxylation is 1. The van der Waals surface area contributed by atoms with Gasteiger partial charge < -0.3 is 4.98 Å². The third-order valence-electron chi connectivity index (χ3n) is 2.70. The van der Waals surface area contributed by atoms with Crippen molar-refractivity contribution in [2.45, 2.75) is 6.92 Å². The van der Waals surface area contributed by atoms with Crippen LogP contribution in [0.1, 0.15) is 20.4 Å². The fourth-order valence-electron chi connectivity index (χ4n) is 1.79. The molecule has 0 aliphatic heterocycles. The monoisotopic (exact) mass is 302 g/mol. The number of rotatable bonds is 3. The van der Waals surface area contributed by atoms with Gasteiger partial charge in [-0.3, -0.25) is 9.59 Å². The second kappa shape index (κ2) is 5.15. The Morgan fingerprint density at radius 3 is 3.05 bits per heavy atom. The number of hydrogen-bond donors (Lipinski definition) is 1. The first kappa shape index (κ1) is 13.0. The van der Waals surface area contributed by atoms with Crippen LogP contribution in [0.2, 0.25) is 0 Å². The highest BCUT2D eigenvalue weighted by molar-refractivity contribution is 7.18. The molecular weight excluding hydrogens is 292 g/mol. The minimum absolute atomic E-state index is 0.0807. The topological polar surface area (TPSA) is 62.8 Å². The van der Waals surface area contributed by atoms with Gasteiger partial charge >= 0.3 is 0 Å². The fourth-order valence-corrected chi connectivity index (χ4v) is 3.29. The van der Waals surface area contributed by atoms with E-state index in [-0.39, 0.29) is 17.2 Å². The average Bonchev–Trinajstić information content (AvgIpc) is 3.04. The van der Waals surface area contributed by atoms with E-state index in [1.807, 2.05) is 24.4 Å². The summed E-state index contributed by atoms with van der Waals surface area (Å²) in [5, 5.41) is 2.47. The van der Waals surface area contributed by atoms with E-state index >= 15 is 0 Å². The van der Waals surface area contributed by atoms with Crippen LogP contribution in [0.15, 0.2) is 34.4 Å². The number of thiophene rings is 2. The zero-order valence-corrected chi connectivity index (χ0v) is 12.2. The molecule has 1 N–H and O–H groups in total. The standard InChI is InChI=1S/C14H10N2O2S2/c1-8-7-10-13(18)15-12(16-14(10)20-8)11(17)5-4-9-3-2-6-19-9/h2-7H,1H3,(H,15,16,18)/b5-4+. The highest BCUT2D eigenvalue weighted by Gasteiger charge is 2.10. The van der Waals surface area contributed by atoms with Gasteiger partial charge in [0.2, 0.25) is 5.78 Å². The molecule has 0 aromatic carbocycles. The van der Waals surface area contributed by atoms with Crippen LogP contribution in [0.3, 0.4) is 0 Å². The summed E-state index contributed by atoms with van der Waals surface area (Å²) in [6.07, 6.45) is 3.15. The van der Waals surface area contributed by atoms with Crippen LogP contribution in [0.25, 0.3) is 16.3 Å². The molecule has 3 heterocycles. The van der Waals surface area contributed by atoms with Crippen molar-refractivity contribution in [3.8, 4) is 0 Å². The quantitative estimate of drug-likeness (QED) is 0.596. The summed E-state index contributed by atoms with van der Waals surface area (Å²) in [4.78, 5) is 33.3. The van der Waals surface area contributed by atoms with E-state index in [4.69, 9.17) is 0 Å². The molecule has 3 aromatic heterocycles. The molecule has 3 aromatic rings. The molecule has 0 aliphatic carbocycles. The Hall–Kier alpha value is -2.05. The number of nitrogens with one attached hydrogen (secondary N) is 1. The van der Waals surface area contributed by atoms with Crippen LogP contribution in [0.4, 0.5) is 0 Å². The van der Waals surface area contributed by atoms with Crippen molar-refractivity contribution in [2.75, 3.05) is 0 Å². The maximum atomic E-state index is 12.0. The van der Waals surface area contributed by atoms with Crippen molar-refractivity contribution in [1.82, 2.24) is 9.97 Å². The normalized spacial score (nSPS) is 11.4. The molecule has 6 heteroatoms. The second-order valence-corrected chi connectivity index (χ2v) is 6.42. The maximum absolute atomic E-state index is 12.0. The Morgan fingerprint density at radius 2 is 2.30 bits per heavy atom. The van der Waals surface area contributed by atoms with Crippen molar-refractivity contribution in [1.29, 1.82) is 0 Å². The van der Waals surface area contributed by atoms with Gasteiger partial charge in [0.05, 0.1) is 5.39 Å². The predicted molar refractivity (Wildman–Crippen MR) is 82.7 cm³/mol. The van der Waals surface area contributed by atoms with E-state index in [9.17, 15) is 9.59 Å². The number of aromatic nitrogens is 2. The smallest absolute Gasteiger partial charge is 0.260 e. The Bertz CT molecular complexity index is 857. The molecule has 100 valence electrons. The Kier molecular flexibility index (Phi) is 3.33. The van der Waals surface area contributed by atoms with Crippen LogP contribution in [-0.2, 0) is 0 Å². The first-order valence-electron chi connectivity index (χ1n) is 5.90. The molecule has 4 nitrogen and oxygen atoms in total. The van der Waals surface area contributed by atoms with E-state index < -0.39 is 0 Å².